The third-order valence-electron chi connectivity index (χ3n) is 4.12. The van der Waals surface area contributed by atoms with E-state index in [0.717, 1.165) is 35.4 Å². The molecule has 1 aliphatic rings. The van der Waals surface area contributed by atoms with Gasteiger partial charge in [-0.3, -0.25) is 0 Å². The van der Waals surface area contributed by atoms with E-state index in [4.69, 9.17) is 4.74 Å². The van der Waals surface area contributed by atoms with Crippen LogP contribution in [0, 0.1) is 0 Å². The molecule has 1 heterocycles. The minimum absolute atomic E-state index is 0.183. The van der Waals surface area contributed by atoms with Gasteiger partial charge in [-0.25, -0.2) is 4.79 Å². The van der Waals surface area contributed by atoms with Gasteiger partial charge in [-0.1, -0.05) is 40.2 Å². The van der Waals surface area contributed by atoms with E-state index in [0.29, 0.717) is 19.8 Å². The van der Waals surface area contributed by atoms with Crippen molar-refractivity contribution in [1.82, 2.24) is 5.32 Å². The second-order valence-corrected chi connectivity index (χ2v) is 6.79. The van der Waals surface area contributed by atoms with Crippen molar-refractivity contribution >= 4 is 33.3 Å². The topological polar surface area (TPSA) is 53.6 Å². The maximum Gasteiger partial charge on any atom is 0.319 e. The fourth-order valence-corrected chi connectivity index (χ4v) is 3.06. The standard InChI is InChI=1S/C19H22BrN3O2/c20-16-7-5-15(6-8-16)9-10-21-19(24)22-17-3-1-2-4-18(17)23-11-13-25-14-12-23/h1-8H,9-14H2,(H2,21,22,24). The second-order valence-electron chi connectivity index (χ2n) is 5.87. The van der Waals surface area contributed by atoms with Crippen LogP contribution in [0.2, 0.25) is 0 Å². The SMILES string of the molecule is O=C(NCCc1ccc(Br)cc1)Nc1ccccc1N1CCOCC1. The van der Waals surface area contributed by atoms with Crippen molar-refractivity contribution in [2.75, 3.05) is 43.1 Å². The molecule has 132 valence electrons. The highest BCUT2D eigenvalue weighted by molar-refractivity contribution is 9.10. The molecule has 0 saturated carbocycles. The van der Waals surface area contributed by atoms with Gasteiger partial charge in [0.1, 0.15) is 0 Å². The van der Waals surface area contributed by atoms with E-state index in [-0.39, 0.29) is 6.03 Å². The first kappa shape index (κ1) is 17.8. The number of nitrogens with one attached hydrogen (secondary N) is 2. The van der Waals surface area contributed by atoms with Crippen LogP contribution in [0.1, 0.15) is 5.56 Å². The summed E-state index contributed by atoms with van der Waals surface area (Å²) in [7, 11) is 0. The Morgan fingerprint density at radius 2 is 1.80 bits per heavy atom. The largest absolute Gasteiger partial charge is 0.378 e. The molecule has 6 heteroatoms. The molecule has 3 rings (SSSR count). The Labute approximate surface area is 156 Å². The number of halogens is 1. The highest BCUT2D eigenvalue weighted by Crippen LogP contribution is 2.26. The third kappa shape index (κ3) is 5.21. The molecule has 25 heavy (non-hydrogen) atoms. The van der Waals surface area contributed by atoms with E-state index < -0.39 is 0 Å². The Morgan fingerprint density at radius 3 is 2.56 bits per heavy atom. The predicted molar refractivity (Wildman–Crippen MR) is 104 cm³/mol. The lowest BCUT2D eigenvalue weighted by Gasteiger charge is -2.30. The van der Waals surface area contributed by atoms with Gasteiger partial charge in [0.25, 0.3) is 0 Å². The fourth-order valence-electron chi connectivity index (χ4n) is 2.80. The fraction of sp³-hybridized carbons (Fsp3) is 0.316. The second kappa shape index (κ2) is 8.87. The van der Waals surface area contributed by atoms with Crippen LogP contribution in [0.4, 0.5) is 16.2 Å². The number of carbonyl (C=O) groups excluding carboxylic acids is 1. The Hall–Kier alpha value is -2.05. The van der Waals surface area contributed by atoms with Crippen LogP contribution >= 0.6 is 15.9 Å². The van der Waals surface area contributed by atoms with Gasteiger partial charge in [0.2, 0.25) is 0 Å². The lowest BCUT2D eigenvalue weighted by Crippen LogP contribution is -2.37. The van der Waals surface area contributed by atoms with Crippen LogP contribution < -0.4 is 15.5 Å². The number of hydrogen-bond donors (Lipinski definition) is 2. The van der Waals surface area contributed by atoms with Gasteiger partial charge in [0.15, 0.2) is 0 Å². The smallest absolute Gasteiger partial charge is 0.319 e. The number of benzene rings is 2. The molecule has 0 atom stereocenters. The summed E-state index contributed by atoms with van der Waals surface area (Å²) < 4.78 is 6.46. The highest BCUT2D eigenvalue weighted by Gasteiger charge is 2.15. The van der Waals surface area contributed by atoms with Gasteiger partial charge in [-0.15, -0.1) is 0 Å². The number of nitrogens with zero attached hydrogens (tertiary/aromatic N) is 1. The first-order valence-corrected chi connectivity index (χ1v) is 9.23. The van der Waals surface area contributed by atoms with Crippen LogP contribution in [0.3, 0.4) is 0 Å². The zero-order valence-corrected chi connectivity index (χ0v) is 15.6. The first-order valence-electron chi connectivity index (χ1n) is 8.43. The number of amides is 2. The maximum absolute atomic E-state index is 12.2. The number of ether oxygens (including phenoxy) is 1. The molecular formula is C19H22BrN3O2. The van der Waals surface area contributed by atoms with E-state index in [9.17, 15) is 4.79 Å². The van der Waals surface area contributed by atoms with Crippen LogP contribution in [0.15, 0.2) is 53.0 Å². The number of para-hydroxylation sites is 2. The van der Waals surface area contributed by atoms with Gasteiger partial charge in [-0.2, -0.15) is 0 Å². The van der Waals surface area contributed by atoms with E-state index >= 15 is 0 Å². The van der Waals surface area contributed by atoms with Crippen molar-refractivity contribution in [3.05, 3.63) is 58.6 Å². The molecule has 1 saturated heterocycles. The van der Waals surface area contributed by atoms with Crippen molar-refractivity contribution in [1.29, 1.82) is 0 Å². The van der Waals surface area contributed by atoms with E-state index in [2.05, 4.69) is 43.6 Å². The number of rotatable bonds is 5. The Bertz CT molecular complexity index is 700. The summed E-state index contributed by atoms with van der Waals surface area (Å²) >= 11 is 3.42. The predicted octanol–water partition coefficient (Wildman–Crippen LogP) is 3.65. The lowest BCUT2D eigenvalue weighted by molar-refractivity contribution is 0.123. The maximum atomic E-state index is 12.2. The zero-order chi connectivity index (χ0) is 17.5. The monoisotopic (exact) mass is 403 g/mol. The van der Waals surface area contributed by atoms with Crippen LogP contribution in [-0.2, 0) is 11.2 Å². The molecule has 0 unspecified atom stereocenters. The van der Waals surface area contributed by atoms with E-state index in [1.807, 2.05) is 36.4 Å². The van der Waals surface area contributed by atoms with E-state index in [1.165, 1.54) is 5.56 Å². The average molecular weight is 404 g/mol. The van der Waals surface area contributed by atoms with Gasteiger partial charge >= 0.3 is 6.03 Å². The molecule has 2 aromatic rings. The number of morpholine rings is 1. The summed E-state index contributed by atoms with van der Waals surface area (Å²) in [5, 5.41) is 5.88. The summed E-state index contributed by atoms with van der Waals surface area (Å²) in [5.41, 5.74) is 3.05. The minimum Gasteiger partial charge on any atom is -0.378 e. The summed E-state index contributed by atoms with van der Waals surface area (Å²) in [6, 6.07) is 15.8. The minimum atomic E-state index is -0.183. The molecule has 0 aliphatic carbocycles. The molecule has 0 radical (unpaired) electrons. The van der Waals surface area contributed by atoms with Crippen molar-refractivity contribution < 1.29 is 9.53 Å². The van der Waals surface area contributed by atoms with Crippen LogP contribution in [-0.4, -0.2) is 38.9 Å². The molecule has 5 nitrogen and oxygen atoms in total. The summed E-state index contributed by atoms with van der Waals surface area (Å²) in [6.07, 6.45) is 0.797. The first-order chi connectivity index (χ1) is 12.2. The highest BCUT2D eigenvalue weighted by atomic mass is 79.9. The van der Waals surface area contributed by atoms with Crippen molar-refractivity contribution in [3.63, 3.8) is 0 Å². The zero-order valence-electron chi connectivity index (χ0n) is 14.0. The molecule has 0 aromatic heterocycles. The van der Waals surface area contributed by atoms with Gasteiger partial charge in [0.05, 0.1) is 24.6 Å². The molecule has 2 N–H and O–H groups in total. The lowest BCUT2D eigenvalue weighted by atomic mass is 10.1. The average Bonchev–Trinajstić information content (AvgIpc) is 2.64. The van der Waals surface area contributed by atoms with Crippen molar-refractivity contribution in [2.45, 2.75) is 6.42 Å². The summed E-state index contributed by atoms with van der Waals surface area (Å²) in [6.45, 7) is 3.70. The Balaban J connectivity index is 1.53. The van der Waals surface area contributed by atoms with Gasteiger partial charge in [-0.05, 0) is 36.2 Å². The quantitative estimate of drug-likeness (QED) is 0.800. The molecule has 0 spiro atoms. The molecular weight excluding hydrogens is 382 g/mol. The van der Waals surface area contributed by atoms with Crippen molar-refractivity contribution in [3.8, 4) is 0 Å². The van der Waals surface area contributed by atoms with Gasteiger partial charge < -0.3 is 20.3 Å². The van der Waals surface area contributed by atoms with Crippen molar-refractivity contribution in [2.24, 2.45) is 0 Å². The molecule has 2 amide bonds. The van der Waals surface area contributed by atoms with Crippen LogP contribution in [0.25, 0.3) is 0 Å². The number of hydrogen-bond acceptors (Lipinski definition) is 3. The summed E-state index contributed by atoms with van der Waals surface area (Å²) in [4.78, 5) is 14.5. The summed E-state index contributed by atoms with van der Waals surface area (Å²) in [5.74, 6) is 0. The molecule has 0 bridgehead atoms. The molecule has 1 fully saturated rings. The number of carbonyl (C=O) groups is 1. The Kier molecular flexibility index (Phi) is 6.30. The molecule has 2 aromatic carbocycles. The van der Waals surface area contributed by atoms with Gasteiger partial charge in [0, 0.05) is 24.1 Å². The third-order valence-corrected chi connectivity index (χ3v) is 4.65. The molecule has 1 aliphatic heterocycles. The Morgan fingerprint density at radius 1 is 1.08 bits per heavy atom. The normalized spacial score (nSPS) is 14.2. The van der Waals surface area contributed by atoms with E-state index in [1.54, 1.807) is 0 Å². The van der Waals surface area contributed by atoms with Crippen LogP contribution in [0.5, 0.6) is 0 Å². The number of anilines is 2. The number of urea groups is 1.